The van der Waals surface area contributed by atoms with Crippen LogP contribution in [0.5, 0.6) is 0 Å². The maximum absolute atomic E-state index is 3.60. The zero-order valence-corrected chi connectivity index (χ0v) is 9.23. The summed E-state index contributed by atoms with van der Waals surface area (Å²) in [6, 6.07) is 0.755. The van der Waals surface area contributed by atoms with E-state index in [1.807, 2.05) is 0 Å². The Bertz CT molecular complexity index is 128. The van der Waals surface area contributed by atoms with Gasteiger partial charge in [0.15, 0.2) is 0 Å². The maximum atomic E-state index is 3.60. The van der Waals surface area contributed by atoms with Crippen LogP contribution >= 0.6 is 0 Å². The second-order valence-electron chi connectivity index (χ2n) is 4.94. The fraction of sp³-hybridized carbons (Fsp3) is 1.00. The van der Waals surface area contributed by atoms with Gasteiger partial charge in [0.2, 0.25) is 0 Å². The molecule has 2 N–H and O–H groups in total. The fourth-order valence-electron chi connectivity index (χ4n) is 2.83. The van der Waals surface area contributed by atoms with Crippen molar-refractivity contribution in [2.45, 2.75) is 51.0 Å². The van der Waals surface area contributed by atoms with Gasteiger partial charge >= 0.3 is 0 Å². The van der Waals surface area contributed by atoms with Crippen LogP contribution < -0.4 is 10.6 Å². The molecule has 2 nitrogen and oxygen atoms in total. The number of hydrogen-bond donors (Lipinski definition) is 2. The van der Waals surface area contributed by atoms with Crippen molar-refractivity contribution in [1.29, 1.82) is 0 Å². The Balaban J connectivity index is 1.60. The van der Waals surface area contributed by atoms with Gasteiger partial charge in [-0.2, -0.15) is 0 Å². The zero-order valence-electron chi connectivity index (χ0n) is 9.23. The quantitative estimate of drug-likeness (QED) is 0.720. The smallest absolute Gasteiger partial charge is 0.0193 e. The molecule has 2 aliphatic rings. The predicted octanol–water partition coefficient (Wildman–Crippen LogP) is 1.91. The summed E-state index contributed by atoms with van der Waals surface area (Å²) in [4.78, 5) is 0. The summed E-state index contributed by atoms with van der Waals surface area (Å²) < 4.78 is 0. The van der Waals surface area contributed by atoms with Crippen molar-refractivity contribution in [3.8, 4) is 0 Å². The van der Waals surface area contributed by atoms with E-state index in [0.717, 1.165) is 25.0 Å². The number of piperazine rings is 1. The first kappa shape index (κ1) is 10.4. The molecule has 0 amide bonds. The van der Waals surface area contributed by atoms with E-state index in [-0.39, 0.29) is 0 Å². The van der Waals surface area contributed by atoms with E-state index in [2.05, 4.69) is 10.6 Å². The Labute approximate surface area is 87.8 Å². The molecule has 1 heterocycles. The van der Waals surface area contributed by atoms with Crippen molar-refractivity contribution >= 4 is 0 Å². The standard InChI is InChI=1S/C12H24N2/c1-2-4-11(5-3-1)6-7-12-10-13-8-9-14-12/h11-14H,1-10H2. The Morgan fingerprint density at radius 3 is 2.50 bits per heavy atom. The second-order valence-corrected chi connectivity index (χ2v) is 4.94. The topological polar surface area (TPSA) is 24.1 Å². The molecule has 1 aliphatic carbocycles. The Hall–Kier alpha value is -0.0800. The van der Waals surface area contributed by atoms with Gasteiger partial charge in [-0.15, -0.1) is 0 Å². The average molecular weight is 196 g/mol. The van der Waals surface area contributed by atoms with E-state index in [1.165, 1.54) is 51.5 Å². The van der Waals surface area contributed by atoms with Crippen LogP contribution in [0.15, 0.2) is 0 Å². The highest BCUT2D eigenvalue weighted by Crippen LogP contribution is 2.27. The molecule has 0 spiro atoms. The highest BCUT2D eigenvalue weighted by molar-refractivity contribution is 4.77. The van der Waals surface area contributed by atoms with E-state index in [0.29, 0.717) is 0 Å². The summed E-state index contributed by atoms with van der Waals surface area (Å²) in [5, 5.41) is 7.06. The minimum Gasteiger partial charge on any atom is -0.314 e. The van der Waals surface area contributed by atoms with Crippen LogP contribution in [0.4, 0.5) is 0 Å². The van der Waals surface area contributed by atoms with Crippen LogP contribution in [0.2, 0.25) is 0 Å². The van der Waals surface area contributed by atoms with Crippen LogP contribution in [0.1, 0.15) is 44.9 Å². The minimum absolute atomic E-state index is 0.755. The number of nitrogens with one attached hydrogen (secondary N) is 2. The summed E-state index contributed by atoms with van der Waals surface area (Å²) in [5.41, 5.74) is 0. The summed E-state index contributed by atoms with van der Waals surface area (Å²) in [6.07, 6.45) is 10.3. The van der Waals surface area contributed by atoms with E-state index < -0.39 is 0 Å². The largest absolute Gasteiger partial charge is 0.314 e. The molecule has 1 unspecified atom stereocenters. The predicted molar refractivity (Wildman–Crippen MR) is 60.5 cm³/mol. The first-order chi connectivity index (χ1) is 6.95. The van der Waals surface area contributed by atoms with Crippen molar-refractivity contribution in [1.82, 2.24) is 10.6 Å². The van der Waals surface area contributed by atoms with Gasteiger partial charge in [0, 0.05) is 25.7 Å². The highest BCUT2D eigenvalue weighted by Gasteiger charge is 2.17. The number of hydrogen-bond acceptors (Lipinski definition) is 2. The lowest BCUT2D eigenvalue weighted by Crippen LogP contribution is -2.48. The van der Waals surface area contributed by atoms with Gasteiger partial charge in [0.25, 0.3) is 0 Å². The molecular weight excluding hydrogens is 172 g/mol. The molecule has 0 aromatic rings. The molecular formula is C12H24N2. The Morgan fingerprint density at radius 2 is 1.79 bits per heavy atom. The maximum Gasteiger partial charge on any atom is 0.0193 e. The van der Waals surface area contributed by atoms with E-state index in [1.54, 1.807) is 0 Å². The van der Waals surface area contributed by atoms with Gasteiger partial charge in [0.05, 0.1) is 0 Å². The lowest BCUT2D eigenvalue weighted by Gasteiger charge is -2.27. The van der Waals surface area contributed by atoms with Crippen molar-refractivity contribution in [2.75, 3.05) is 19.6 Å². The fourth-order valence-corrected chi connectivity index (χ4v) is 2.83. The van der Waals surface area contributed by atoms with E-state index in [4.69, 9.17) is 0 Å². The van der Waals surface area contributed by atoms with Crippen LogP contribution in [0, 0.1) is 5.92 Å². The zero-order chi connectivity index (χ0) is 9.64. The summed E-state index contributed by atoms with van der Waals surface area (Å²) in [6.45, 7) is 3.50. The van der Waals surface area contributed by atoms with Crippen LogP contribution in [0.25, 0.3) is 0 Å². The molecule has 1 saturated heterocycles. The van der Waals surface area contributed by atoms with Gasteiger partial charge in [-0.1, -0.05) is 32.1 Å². The SMILES string of the molecule is C1CCC(CCC2CNCCN2)CC1. The lowest BCUT2D eigenvalue weighted by molar-refractivity contribution is 0.301. The molecule has 0 aromatic carbocycles. The van der Waals surface area contributed by atoms with Crippen molar-refractivity contribution < 1.29 is 0 Å². The van der Waals surface area contributed by atoms with Gasteiger partial charge < -0.3 is 10.6 Å². The Morgan fingerprint density at radius 1 is 0.929 bits per heavy atom. The van der Waals surface area contributed by atoms with Gasteiger partial charge in [-0.25, -0.2) is 0 Å². The van der Waals surface area contributed by atoms with Crippen molar-refractivity contribution in [3.05, 3.63) is 0 Å². The summed E-state index contributed by atoms with van der Waals surface area (Å²) in [5.74, 6) is 1.05. The van der Waals surface area contributed by atoms with Crippen molar-refractivity contribution in [2.24, 2.45) is 5.92 Å². The van der Waals surface area contributed by atoms with E-state index >= 15 is 0 Å². The van der Waals surface area contributed by atoms with Crippen LogP contribution in [-0.4, -0.2) is 25.7 Å². The van der Waals surface area contributed by atoms with Gasteiger partial charge in [-0.05, 0) is 18.8 Å². The first-order valence-electron chi connectivity index (χ1n) is 6.39. The number of rotatable bonds is 3. The summed E-state index contributed by atoms with van der Waals surface area (Å²) >= 11 is 0. The van der Waals surface area contributed by atoms with Crippen molar-refractivity contribution in [3.63, 3.8) is 0 Å². The molecule has 1 aliphatic heterocycles. The third-order valence-electron chi connectivity index (χ3n) is 3.77. The summed E-state index contributed by atoms with van der Waals surface area (Å²) in [7, 11) is 0. The van der Waals surface area contributed by atoms with Gasteiger partial charge in [-0.3, -0.25) is 0 Å². The monoisotopic (exact) mass is 196 g/mol. The molecule has 14 heavy (non-hydrogen) atoms. The highest BCUT2D eigenvalue weighted by atomic mass is 15.0. The average Bonchev–Trinajstić information content (AvgIpc) is 2.29. The molecule has 2 fully saturated rings. The van der Waals surface area contributed by atoms with Crippen LogP contribution in [-0.2, 0) is 0 Å². The van der Waals surface area contributed by atoms with Gasteiger partial charge in [0.1, 0.15) is 0 Å². The molecule has 0 aromatic heterocycles. The minimum atomic E-state index is 0.755. The molecule has 2 heteroatoms. The normalized spacial score (nSPS) is 30.4. The second kappa shape index (κ2) is 5.72. The third-order valence-corrected chi connectivity index (χ3v) is 3.77. The molecule has 1 atom stereocenters. The molecule has 0 bridgehead atoms. The molecule has 1 saturated carbocycles. The lowest BCUT2D eigenvalue weighted by atomic mass is 9.85. The molecule has 82 valence electrons. The Kier molecular flexibility index (Phi) is 4.26. The van der Waals surface area contributed by atoms with E-state index in [9.17, 15) is 0 Å². The molecule has 2 rings (SSSR count). The molecule has 0 radical (unpaired) electrons. The first-order valence-corrected chi connectivity index (χ1v) is 6.39. The van der Waals surface area contributed by atoms with Crippen LogP contribution in [0.3, 0.4) is 0 Å². The third kappa shape index (κ3) is 3.25.